The molecule has 18 heavy (non-hydrogen) atoms. The van der Waals surface area contributed by atoms with E-state index in [9.17, 15) is 17.6 Å². The normalized spacial score (nSPS) is 13.7. The quantitative estimate of drug-likeness (QED) is 0.807. The van der Waals surface area contributed by atoms with Crippen LogP contribution in [0.4, 0.5) is 17.6 Å². The molecule has 0 bridgehead atoms. The summed E-state index contributed by atoms with van der Waals surface area (Å²) in [5.41, 5.74) is 0.354. The fourth-order valence-electron chi connectivity index (χ4n) is 1.52. The van der Waals surface area contributed by atoms with E-state index in [2.05, 4.69) is 5.32 Å². The highest BCUT2D eigenvalue weighted by Gasteiger charge is 2.38. The second-order valence-corrected chi connectivity index (χ2v) is 4.41. The summed E-state index contributed by atoms with van der Waals surface area (Å²) in [7, 11) is 0. The zero-order valence-corrected chi connectivity index (χ0v) is 10.6. The molecule has 0 spiro atoms. The van der Waals surface area contributed by atoms with E-state index in [-0.39, 0.29) is 18.0 Å². The summed E-state index contributed by atoms with van der Waals surface area (Å²) < 4.78 is 51.1. The third-order valence-electron chi connectivity index (χ3n) is 2.46. The molecule has 1 nitrogen and oxygen atoms in total. The molecule has 0 amide bonds. The van der Waals surface area contributed by atoms with Crippen LogP contribution in [0.3, 0.4) is 0 Å². The fourth-order valence-corrected chi connectivity index (χ4v) is 1.73. The lowest BCUT2D eigenvalue weighted by atomic mass is 10.1. The highest BCUT2D eigenvalue weighted by atomic mass is 35.5. The summed E-state index contributed by atoms with van der Waals surface area (Å²) in [4.78, 5) is 0. The molecule has 0 aliphatic rings. The van der Waals surface area contributed by atoms with Gasteiger partial charge in [-0.15, -0.1) is 0 Å². The van der Waals surface area contributed by atoms with Gasteiger partial charge in [0, 0.05) is 0 Å². The van der Waals surface area contributed by atoms with Gasteiger partial charge in [-0.25, -0.2) is 4.39 Å². The zero-order valence-electron chi connectivity index (χ0n) is 9.82. The van der Waals surface area contributed by atoms with Crippen LogP contribution in [0.2, 0.25) is 5.02 Å². The Labute approximate surface area is 108 Å². The molecule has 1 rings (SSSR count). The van der Waals surface area contributed by atoms with Crippen molar-refractivity contribution in [2.75, 3.05) is 6.54 Å². The van der Waals surface area contributed by atoms with Crippen molar-refractivity contribution in [2.24, 2.45) is 0 Å². The van der Waals surface area contributed by atoms with Crippen molar-refractivity contribution in [1.29, 1.82) is 0 Å². The molecule has 0 aliphatic carbocycles. The average Bonchev–Trinajstić information content (AvgIpc) is 2.27. The Morgan fingerprint density at radius 3 is 2.50 bits per heavy atom. The Bertz CT molecular complexity index is 392. The van der Waals surface area contributed by atoms with Crippen molar-refractivity contribution >= 4 is 11.6 Å². The number of halogens is 5. The van der Waals surface area contributed by atoms with Gasteiger partial charge in [-0.05, 0) is 37.1 Å². The zero-order chi connectivity index (χ0) is 13.8. The molecule has 0 saturated heterocycles. The lowest BCUT2D eigenvalue weighted by molar-refractivity contribution is -0.155. The predicted molar refractivity (Wildman–Crippen MR) is 63.3 cm³/mol. The van der Waals surface area contributed by atoms with E-state index in [1.807, 2.05) is 0 Å². The van der Waals surface area contributed by atoms with Gasteiger partial charge in [-0.1, -0.05) is 24.6 Å². The number of alkyl halides is 3. The van der Waals surface area contributed by atoms with Gasteiger partial charge in [0.2, 0.25) is 0 Å². The topological polar surface area (TPSA) is 12.0 Å². The maximum atomic E-state index is 12.9. The summed E-state index contributed by atoms with van der Waals surface area (Å²) in [5, 5.41) is 2.27. The van der Waals surface area contributed by atoms with Crippen LogP contribution < -0.4 is 5.32 Å². The van der Waals surface area contributed by atoms with Crippen molar-refractivity contribution in [3.8, 4) is 0 Å². The van der Waals surface area contributed by atoms with Gasteiger partial charge in [0.05, 0.1) is 5.02 Å². The summed E-state index contributed by atoms with van der Waals surface area (Å²) in [6.07, 6.45) is -3.99. The summed E-state index contributed by atoms with van der Waals surface area (Å²) in [6, 6.07) is 1.97. The van der Waals surface area contributed by atoms with E-state index < -0.39 is 18.0 Å². The van der Waals surface area contributed by atoms with Gasteiger partial charge in [-0.3, -0.25) is 0 Å². The van der Waals surface area contributed by atoms with Crippen LogP contribution >= 0.6 is 11.6 Å². The molecule has 1 N–H and O–H groups in total. The second-order valence-electron chi connectivity index (χ2n) is 4.00. The molecular weight excluding hydrogens is 270 g/mol. The second kappa shape index (κ2) is 6.38. The lowest BCUT2D eigenvalue weighted by Crippen LogP contribution is -2.44. The maximum absolute atomic E-state index is 12.9. The van der Waals surface area contributed by atoms with E-state index in [1.54, 1.807) is 6.92 Å². The Balaban J connectivity index is 2.79. The van der Waals surface area contributed by atoms with Crippen LogP contribution in [-0.4, -0.2) is 18.8 Å². The molecule has 0 heterocycles. The van der Waals surface area contributed by atoms with Gasteiger partial charge >= 0.3 is 6.18 Å². The van der Waals surface area contributed by atoms with E-state index >= 15 is 0 Å². The first-order valence-corrected chi connectivity index (χ1v) is 5.96. The molecule has 1 unspecified atom stereocenters. The first-order valence-electron chi connectivity index (χ1n) is 5.58. The average molecular weight is 284 g/mol. The highest BCUT2D eigenvalue weighted by Crippen LogP contribution is 2.25. The van der Waals surface area contributed by atoms with Crippen LogP contribution in [0.25, 0.3) is 0 Å². The standard InChI is InChI=1S/C12H14ClF4N/c1-2-5-18-11(12(15,16)17)7-8-3-4-10(14)9(13)6-8/h3-4,6,11,18H,2,5,7H2,1H3. The van der Waals surface area contributed by atoms with Gasteiger partial charge in [-0.2, -0.15) is 13.2 Å². The van der Waals surface area contributed by atoms with E-state index in [1.165, 1.54) is 12.1 Å². The largest absolute Gasteiger partial charge is 0.404 e. The highest BCUT2D eigenvalue weighted by molar-refractivity contribution is 6.30. The van der Waals surface area contributed by atoms with Crippen molar-refractivity contribution in [3.05, 3.63) is 34.6 Å². The van der Waals surface area contributed by atoms with Crippen molar-refractivity contribution in [1.82, 2.24) is 5.32 Å². The Morgan fingerprint density at radius 1 is 1.33 bits per heavy atom. The Morgan fingerprint density at radius 2 is 2.00 bits per heavy atom. The van der Waals surface area contributed by atoms with Crippen LogP contribution in [-0.2, 0) is 6.42 Å². The summed E-state index contributed by atoms with van der Waals surface area (Å²) >= 11 is 5.54. The molecule has 0 aliphatic heterocycles. The molecular formula is C12H14ClF4N. The van der Waals surface area contributed by atoms with Crippen LogP contribution in [0.15, 0.2) is 18.2 Å². The molecule has 1 aromatic carbocycles. The Hall–Kier alpha value is -0.810. The smallest absolute Gasteiger partial charge is 0.306 e. The molecule has 0 fully saturated rings. The van der Waals surface area contributed by atoms with Gasteiger partial charge < -0.3 is 5.32 Å². The minimum atomic E-state index is -4.34. The number of benzene rings is 1. The van der Waals surface area contributed by atoms with Gasteiger partial charge in [0.1, 0.15) is 11.9 Å². The molecule has 1 atom stereocenters. The number of nitrogens with one attached hydrogen (secondary N) is 1. The SMILES string of the molecule is CCCNC(Cc1ccc(F)c(Cl)c1)C(F)(F)F. The first kappa shape index (κ1) is 15.2. The van der Waals surface area contributed by atoms with E-state index in [0.717, 1.165) is 6.07 Å². The van der Waals surface area contributed by atoms with Crippen LogP contribution in [0.5, 0.6) is 0 Å². The number of hydrogen-bond donors (Lipinski definition) is 1. The summed E-state index contributed by atoms with van der Waals surface area (Å²) in [5.74, 6) is -0.634. The predicted octanol–water partition coefficient (Wildman–Crippen LogP) is 3.95. The molecule has 1 aromatic rings. The third-order valence-corrected chi connectivity index (χ3v) is 2.75. The van der Waals surface area contributed by atoms with Crippen molar-refractivity contribution < 1.29 is 17.6 Å². The monoisotopic (exact) mass is 283 g/mol. The third kappa shape index (κ3) is 4.46. The Kier molecular flexibility index (Phi) is 5.41. The van der Waals surface area contributed by atoms with Gasteiger partial charge in [0.25, 0.3) is 0 Å². The first-order chi connectivity index (χ1) is 8.34. The number of hydrogen-bond acceptors (Lipinski definition) is 1. The maximum Gasteiger partial charge on any atom is 0.404 e. The molecule has 102 valence electrons. The van der Waals surface area contributed by atoms with Crippen molar-refractivity contribution in [3.63, 3.8) is 0 Å². The van der Waals surface area contributed by atoms with Crippen molar-refractivity contribution in [2.45, 2.75) is 32.0 Å². The minimum Gasteiger partial charge on any atom is -0.306 e. The lowest BCUT2D eigenvalue weighted by Gasteiger charge is -2.21. The molecule has 0 aromatic heterocycles. The molecule has 6 heteroatoms. The van der Waals surface area contributed by atoms with Gasteiger partial charge in [0.15, 0.2) is 0 Å². The fraction of sp³-hybridized carbons (Fsp3) is 0.500. The van der Waals surface area contributed by atoms with Crippen LogP contribution in [0, 0.1) is 5.82 Å². The minimum absolute atomic E-state index is 0.163. The van der Waals surface area contributed by atoms with E-state index in [0.29, 0.717) is 12.0 Å². The summed E-state index contributed by atoms with van der Waals surface area (Å²) in [6.45, 7) is 2.06. The van der Waals surface area contributed by atoms with E-state index in [4.69, 9.17) is 11.6 Å². The molecule has 0 saturated carbocycles. The van der Waals surface area contributed by atoms with Crippen LogP contribution in [0.1, 0.15) is 18.9 Å². The molecule has 0 radical (unpaired) electrons. The number of rotatable bonds is 5.